The maximum atomic E-state index is 10.2. The van der Waals surface area contributed by atoms with Crippen LogP contribution in [-0.4, -0.2) is 27.8 Å². The van der Waals surface area contributed by atoms with Crippen molar-refractivity contribution in [3.05, 3.63) is 23.3 Å². The number of fused-ring (bicyclic) bond motifs is 2. The molecule has 0 atom stereocenters. The lowest BCUT2D eigenvalue weighted by atomic mass is 9.72. The van der Waals surface area contributed by atoms with Crippen LogP contribution in [0.1, 0.15) is 50.2 Å². The van der Waals surface area contributed by atoms with E-state index in [1.165, 1.54) is 6.07 Å². The van der Waals surface area contributed by atoms with Gasteiger partial charge in [0.1, 0.15) is 11.5 Å². The first-order valence-electron chi connectivity index (χ1n) is 7.18. The van der Waals surface area contributed by atoms with Gasteiger partial charge in [-0.3, -0.25) is 10.6 Å². The van der Waals surface area contributed by atoms with E-state index < -0.39 is 5.54 Å². The zero-order valence-electron chi connectivity index (χ0n) is 11.6. The van der Waals surface area contributed by atoms with Crippen LogP contribution in [0.4, 0.5) is 0 Å². The molecule has 20 heavy (non-hydrogen) atoms. The maximum Gasteiger partial charge on any atom is 0.157 e. The minimum Gasteiger partial charge on any atom is -0.507 e. The second-order valence-electron chi connectivity index (χ2n) is 5.61. The second-order valence-corrected chi connectivity index (χ2v) is 5.61. The number of hydroxylamine groups is 2. The Morgan fingerprint density at radius 1 is 1.40 bits per heavy atom. The van der Waals surface area contributed by atoms with Crippen molar-refractivity contribution in [3.63, 3.8) is 0 Å². The number of nitrogens with one attached hydrogen (secondary N) is 1. The lowest BCUT2D eigenvalue weighted by Crippen LogP contribution is -2.46. The monoisotopic (exact) mass is 276 g/mol. The molecule has 5 nitrogen and oxygen atoms in total. The van der Waals surface area contributed by atoms with Crippen LogP contribution in [0.3, 0.4) is 0 Å². The van der Waals surface area contributed by atoms with Crippen LogP contribution in [0.25, 0.3) is 0 Å². The van der Waals surface area contributed by atoms with Crippen molar-refractivity contribution in [2.45, 2.75) is 44.6 Å². The second kappa shape index (κ2) is 4.66. The Balaban J connectivity index is 1.98. The van der Waals surface area contributed by atoms with E-state index >= 15 is 0 Å². The third-order valence-electron chi connectivity index (χ3n) is 4.39. The summed E-state index contributed by atoms with van der Waals surface area (Å²) in [4.78, 5) is 0. The molecule has 1 saturated carbocycles. The van der Waals surface area contributed by atoms with E-state index in [1.807, 2.05) is 6.07 Å². The van der Waals surface area contributed by atoms with Gasteiger partial charge in [0.25, 0.3) is 0 Å². The molecule has 1 aliphatic heterocycles. The summed E-state index contributed by atoms with van der Waals surface area (Å²) in [6.45, 7) is 2.71. The SMILES string of the molecule is CCCCOc1cc(O)c2c(c1)C1(CCC1)N(O)C2=N. The molecule has 1 aromatic carbocycles. The third-order valence-corrected chi connectivity index (χ3v) is 4.39. The standard InChI is InChI=1S/C15H20N2O3/c1-2-3-7-20-10-8-11-13(12(18)9-10)14(16)17(19)15(11)5-4-6-15/h8-9,16,18-19H,2-7H2,1H3. The van der Waals surface area contributed by atoms with Crippen molar-refractivity contribution in [2.24, 2.45) is 0 Å². The van der Waals surface area contributed by atoms with Crippen LogP contribution in [0.15, 0.2) is 12.1 Å². The van der Waals surface area contributed by atoms with Crippen molar-refractivity contribution < 1.29 is 15.1 Å². The topological polar surface area (TPSA) is 76.8 Å². The van der Waals surface area contributed by atoms with Gasteiger partial charge in [-0.25, -0.2) is 5.06 Å². The molecule has 1 aliphatic carbocycles. The Kier molecular flexibility index (Phi) is 3.09. The van der Waals surface area contributed by atoms with E-state index in [2.05, 4.69) is 6.92 Å². The van der Waals surface area contributed by atoms with Gasteiger partial charge >= 0.3 is 0 Å². The molecule has 108 valence electrons. The summed E-state index contributed by atoms with van der Waals surface area (Å²) in [5.41, 5.74) is 0.742. The Morgan fingerprint density at radius 2 is 2.15 bits per heavy atom. The van der Waals surface area contributed by atoms with Crippen LogP contribution >= 0.6 is 0 Å². The molecular formula is C15H20N2O3. The molecule has 1 spiro atoms. The van der Waals surface area contributed by atoms with Crippen molar-refractivity contribution in [2.75, 3.05) is 6.61 Å². The van der Waals surface area contributed by atoms with Crippen molar-refractivity contribution >= 4 is 5.84 Å². The van der Waals surface area contributed by atoms with Crippen LogP contribution < -0.4 is 4.74 Å². The van der Waals surface area contributed by atoms with Crippen molar-refractivity contribution in [1.29, 1.82) is 5.41 Å². The number of unbranched alkanes of at least 4 members (excludes halogenated alkanes) is 1. The van der Waals surface area contributed by atoms with Crippen LogP contribution in [-0.2, 0) is 5.54 Å². The van der Waals surface area contributed by atoms with Crippen LogP contribution in [0.5, 0.6) is 11.5 Å². The van der Waals surface area contributed by atoms with Crippen molar-refractivity contribution in [3.8, 4) is 11.5 Å². The molecule has 0 bridgehead atoms. The Hall–Kier alpha value is -1.75. The fourth-order valence-electron chi connectivity index (χ4n) is 3.06. The van der Waals surface area contributed by atoms with Gasteiger partial charge in [0, 0.05) is 6.07 Å². The highest BCUT2D eigenvalue weighted by atomic mass is 16.5. The Bertz CT molecular complexity index is 552. The molecule has 0 radical (unpaired) electrons. The van der Waals surface area contributed by atoms with Gasteiger partial charge in [-0.1, -0.05) is 13.3 Å². The molecule has 0 saturated heterocycles. The summed E-state index contributed by atoms with van der Waals surface area (Å²) in [6.07, 6.45) is 4.64. The summed E-state index contributed by atoms with van der Waals surface area (Å²) >= 11 is 0. The number of phenols is 1. The van der Waals surface area contributed by atoms with E-state index in [0.29, 0.717) is 17.9 Å². The molecule has 0 aromatic heterocycles. The van der Waals surface area contributed by atoms with Gasteiger partial charge in [-0.2, -0.15) is 0 Å². The van der Waals surface area contributed by atoms with Gasteiger partial charge in [0.15, 0.2) is 5.84 Å². The van der Waals surface area contributed by atoms with Gasteiger partial charge in [0.2, 0.25) is 0 Å². The summed E-state index contributed by atoms with van der Waals surface area (Å²) in [6, 6.07) is 3.41. The Labute approximate surface area is 118 Å². The highest BCUT2D eigenvalue weighted by Crippen LogP contribution is 2.54. The molecule has 1 fully saturated rings. The Morgan fingerprint density at radius 3 is 2.75 bits per heavy atom. The molecule has 5 heteroatoms. The normalized spacial score (nSPS) is 19.1. The molecule has 1 heterocycles. The smallest absolute Gasteiger partial charge is 0.157 e. The number of nitrogens with zero attached hydrogens (tertiary/aromatic N) is 1. The number of hydrogen-bond donors (Lipinski definition) is 3. The van der Waals surface area contributed by atoms with Crippen molar-refractivity contribution in [1.82, 2.24) is 5.06 Å². The zero-order valence-corrected chi connectivity index (χ0v) is 11.6. The number of hydrogen-bond acceptors (Lipinski definition) is 4. The fraction of sp³-hybridized carbons (Fsp3) is 0.533. The number of rotatable bonds is 4. The fourth-order valence-corrected chi connectivity index (χ4v) is 3.06. The highest BCUT2D eigenvalue weighted by molar-refractivity contribution is 6.03. The molecule has 3 N–H and O–H groups in total. The minimum atomic E-state index is -0.520. The maximum absolute atomic E-state index is 10.2. The highest BCUT2D eigenvalue weighted by Gasteiger charge is 2.53. The zero-order chi connectivity index (χ0) is 14.3. The van der Waals surface area contributed by atoms with E-state index in [4.69, 9.17) is 10.1 Å². The number of amidine groups is 1. The van der Waals surface area contributed by atoms with E-state index in [1.54, 1.807) is 0 Å². The first-order chi connectivity index (χ1) is 9.60. The molecular weight excluding hydrogens is 256 g/mol. The van der Waals surface area contributed by atoms with Crippen LogP contribution in [0, 0.1) is 5.41 Å². The molecule has 0 amide bonds. The molecule has 3 rings (SSSR count). The average Bonchev–Trinajstić information content (AvgIpc) is 2.59. The minimum absolute atomic E-state index is 0.0156. The quantitative estimate of drug-likeness (QED) is 0.739. The largest absolute Gasteiger partial charge is 0.507 e. The number of phenolic OH excluding ortho intramolecular Hbond substituents is 1. The predicted octanol–water partition coefficient (Wildman–Crippen LogP) is 2.98. The summed E-state index contributed by atoms with van der Waals surface area (Å²) in [7, 11) is 0. The summed E-state index contributed by atoms with van der Waals surface area (Å²) in [5.74, 6) is 0.614. The molecule has 1 aromatic rings. The van der Waals surface area contributed by atoms with E-state index in [0.717, 1.165) is 42.7 Å². The first kappa shape index (κ1) is 13.2. The predicted molar refractivity (Wildman–Crippen MR) is 74.5 cm³/mol. The lowest BCUT2D eigenvalue weighted by molar-refractivity contribution is -0.138. The summed E-state index contributed by atoms with van der Waals surface area (Å²) < 4.78 is 5.65. The third kappa shape index (κ3) is 1.69. The van der Waals surface area contributed by atoms with Gasteiger partial charge in [0.05, 0.1) is 17.7 Å². The molecule has 0 unspecified atom stereocenters. The molecule has 2 aliphatic rings. The van der Waals surface area contributed by atoms with E-state index in [-0.39, 0.29) is 11.6 Å². The lowest BCUT2D eigenvalue weighted by Gasteiger charge is -2.43. The number of benzene rings is 1. The van der Waals surface area contributed by atoms with Gasteiger partial charge in [-0.15, -0.1) is 0 Å². The summed E-state index contributed by atoms with van der Waals surface area (Å²) in [5, 5.41) is 29.3. The van der Waals surface area contributed by atoms with Gasteiger partial charge in [-0.05, 0) is 37.3 Å². The number of ether oxygens (including phenoxy) is 1. The van der Waals surface area contributed by atoms with Crippen LogP contribution in [0.2, 0.25) is 0 Å². The number of aromatic hydroxyl groups is 1. The van der Waals surface area contributed by atoms with E-state index in [9.17, 15) is 10.3 Å². The average molecular weight is 276 g/mol. The van der Waals surface area contributed by atoms with Gasteiger partial charge < -0.3 is 9.84 Å². The first-order valence-corrected chi connectivity index (χ1v) is 7.18.